The molecule has 0 fully saturated rings. The molecule has 0 saturated heterocycles. The van der Waals surface area contributed by atoms with Gasteiger partial charge in [-0.15, -0.1) is 11.8 Å². The fourth-order valence-corrected chi connectivity index (χ4v) is 3.85. The van der Waals surface area contributed by atoms with E-state index >= 15 is 0 Å². The first kappa shape index (κ1) is 21.3. The van der Waals surface area contributed by atoms with E-state index in [-0.39, 0.29) is 11.7 Å². The van der Waals surface area contributed by atoms with Crippen molar-refractivity contribution in [1.29, 1.82) is 0 Å². The number of halogens is 1. The van der Waals surface area contributed by atoms with Gasteiger partial charge in [0.25, 0.3) is 0 Å². The molecule has 3 rings (SSSR count). The maximum absolute atomic E-state index is 12.9. The Morgan fingerprint density at radius 2 is 1.93 bits per heavy atom. The van der Waals surface area contributed by atoms with Crippen LogP contribution in [0.3, 0.4) is 0 Å². The van der Waals surface area contributed by atoms with Crippen molar-refractivity contribution in [3.8, 4) is 11.4 Å². The van der Waals surface area contributed by atoms with Crippen molar-refractivity contribution >= 4 is 29.9 Å². The summed E-state index contributed by atoms with van der Waals surface area (Å²) in [6, 6.07) is 14.5. The molecule has 0 unspecified atom stereocenters. The smallest absolute Gasteiger partial charge is 0.221 e. The van der Waals surface area contributed by atoms with Crippen LogP contribution in [0, 0.1) is 17.5 Å². The number of nitrogens with zero attached hydrogens (tertiary/aromatic N) is 2. The van der Waals surface area contributed by atoms with Crippen molar-refractivity contribution in [1.82, 2.24) is 20.1 Å². The summed E-state index contributed by atoms with van der Waals surface area (Å²) in [4.78, 5) is 13.2. The molecule has 2 aromatic carbocycles. The molecule has 1 amide bonds. The average Bonchev–Trinajstić information content (AvgIpc) is 3.08. The highest BCUT2D eigenvalue weighted by atomic mass is 32.2. The second kappa shape index (κ2) is 10.4. The Morgan fingerprint density at radius 3 is 2.66 bits per heavy atom. The molecule has 0 atom stereocenters. The van der Waals surface area contributed by atoms with Gasteiger partial charge in [-0.3, -0.25) is 14.5 Å². The van der Waals surface area contributed by atoms with E-state index in [9.17, 15) is 9.18 Å². The third kappa shape index (κ3) is 6.27. The number of aryl methyl sites for hydroxylation is 1. The quantitative estimate of drug-likeness (QED) is 0.292. The third-order valence-corrected chi connectivity index (χ3v) is 5.77. The summed E-state index contributed by atoms with van der Waals surface area (Å²) in [6.07, 6.45) is 1.17. The van der Waals surface area contributed by atoms with Crippen molar-refractivity contribution in [3.05, 3.63) is 64.7 Å². The summed E-state index contributed by atoms with van der Waals surface area (Å²) < 4.78 is 15.2. The molecule has 1 aromatic heterocycles. The summed E-state index contributed by atoms with van der Waals surface area (Å²) in [5, 5.41) is 10.0. The van der Waals surface area contributed by atoms with Crippen molar-refractivity contribution in [2.24, 2.45) is 0 Å². The minimum Gasteiger partial charge on any atom is -0.356 e. The number of aromatic nitrogens is 3. The number of carbonyl (C=O) groups excluding carboxylic acids is 1. The van der Waals surface area contributed by atoms with E-state index in [1.807, 2.05) is 35.8 Å². The van der Waals surface area contributed by atoms with Gasteiger partial charge in [0.1, 0.15) is 5.82 Å². The molecule has 0 aliphatic heterocycles. The summed E-state index contributed by atoms with van der Waals surface area (Å²) in [6.45, 7) is 3.10. The highest BCUT2D eigenvalue weighted by Gasteiger charge is 2.10. The van der Waals surface area contributed by atoms with E-state index in [0.29, 0.717) is 24.3 Å². The number of hydrogen-bond donors (Lipinski definition) is 2. The van der Waals surface area contributed by atoms with Gasteiger partial charge < -0.3 is 5.32 Å². The van der Waals surface area contributed by atoms with Gasteiger partial charge in [0.2, 0.25) is 5.91 Å². The summed E-state index contributed by atoms with van der Waals surface area (Å²) in [5.41, 5.74) is 2.13. The predicted molar refractivity (Wildman–Crippen MR) is 117 cm³/mol. The van der Waals surface area contributed by atoms with E-state index in [1.54, 1.807) is 23.9 Å². The maximum atomic E-state index is 12.9. The summed E-state index contributed by atoms with van der Waals surface area (Å²) in [7, 11) is 0. The van der Waals surface area contributed by atoms with Crippen LogP contribution in [0.2, 0.25) is 0 Å². The van der Waals surface area contributed by atoms with E-state index in [0.717, 1.165) is 28.5 Å². The van der Waals surface area contributed by atoms with Crippen molar-refractivity contribution in [2.45, 2.75) is 31.2 Å². The Balaban J connectivity index is 1.43. The molecule has 0 aliphatic carbocycles. The maximum Gasteiger partial charge on any atom is 0.221 e. The number of rotatable bonds is 9. The monoisotopic (exact) mass is 430 g/mol. The number of amides is 1. The molecule has 5 nitrogen and oxygen atoms in total. The van der Waals surface area contributed by atoms with Gasteiger partial charge in [0, 0.05) is 30.0 Å². The number of benzene rings is 2. The lowest BCUT2D eigenvalue weighted by atomic mass is 10.1. The summed E-state index contributed by atoms with van der Waals surface area (Å²) >= 11 is 6.96. The molecule has 0 bridgehead atoms. The Hall–Kier alpha value is -2.45. The highest BCUT2D eigenvalue weighted by molar-refractivity contribution is 7.99. The van der Waals surface area contributed by atoms with Crippen molar-refractivity contribution < 1.29 is 9.18 Å². The molecule has 0 spiro atoms. The number of nitrogens with one attached hydrogen (secondary N) is 2. The van der Waals surface area contributed by atoms with Crippen LogP contribution in [0.15, 0.2) is 53.4 Å². The molecular formula is C21H23FN4OS2. The Morgan fingerprint density at radius 1 is 1.21 bits per heavy atom. The number of hydrogen-bond acceptors (Lipinski definition) is 4. The number of carbonyl (C=O) groups is 1. The fraction of sp³-hybridized carbons (Fsp3) is 0.286. The lowest BCUT2D eigenvalue weighted by Gasteiger charge is -2.08. The molecule has 0 radical (unpaired) electrons. The number of aromatic amines is 1. The number of H-pyrrole nitrogens is 1. The molecule has 0 saturated carbocycles. The molecule has 0 aliphatic rings. The lowest BCUT2D eigenvalue weighted by Crippen LogP contribution is -2.25. The topological polar surface area (TPSA) is 62.7 Å². The van der Waals surface area contributed by atoms with E-state index in [2.05, 4.69) is 15.5 Å². The Labute approximate surface area is 178 Å². The second-order valence-corrected chi connectivity index (χ2v) is 8.18. The highest BCUT2D eigenvalue weighted by Crippen LogP contribution is 2.19. The van der Waals surface area contributed by atoms with Gasteiger partial charge in [0.15, 0.2) is 10.6 Å². The van der Waals surface area contributed by atoms with E-state index in [4.69, 9.17) is 12.2 Å². The molecule has 8 heteroatoms. The molecule has 1 heterocycles. The van der Waals surface area contributed by atoms with Crippen LogP contribution in [0.5, 0.6) is 0 Å². The zero-order chi connectivity index (χ0) is 20.6. The molecule has 3 aromatic rings. The second-order valence-electron chi connectivity index (χ2n) is 6.63. The first-order chi connectivity index (χ1) is 14.0. The SMILES string of the molecule is Cc1ccc(-c2n[nH]c(=S)n2CCC(=O)NCCCSc2ccc(F)cc2)cc1. The molecule has 2 N–H and O–H groups in total. The van der Waals surface area contributed by atoms with Crippen LogP contribution >= 0.6 is 24.0 Å². The van der Waals surface area contributed by atoms with Crippen LogP contribution in [0.4, 0.5) is 4.39 Å². The van der Waals surface area contributed by atoms with Crippen LogP contribution in [0.1, 0.15) is 18.4 Å². The first-order valence-corrected chi connectivity index (χ1v) is 10.8. The van der Waals surface area contributed by atoms with Crippen LogP contribution < -0.4 is 5.32 Å². The van der Waals surface area contributed by atoms with Gasteiger partial charge in [-0.2, -0.15) is 5.10 Å². The fourth-order valence-electron chi connectivity index (χ4n) is 2.77. The Bertz CT molecular complexity index is 997. The van der Waals surface area contributed by atoms with E-state index in [1.165, 1.54) is 17.7 Å². The molecule has 152 valence electrons. The molecular weight excluding hydrogens is 407 g/mol. The Kier molecular flexibility index (Phi) is 7.60. The van der Waals surface area contributed by atoms with Gasteiger partial charge in [-0.25, -0.2) is 4.39 Å². The standard InChI is InChI=1S/C21H23FN4OS2/c1-15-3-5-16(6-4-15)20-24-25-21(28)26(20)13-11-19(27)23-12-2-14-29-18-9-7-17(22)8-10-18/h3-10H,2,11-14H2,1H3,(H,23,27)(H,25,28). The normalized spacial score (nSPS) is 10.8. The average molecular weight is 431 g/mol. The van der Waals surface area contributed by atoms with E-state index < -0.39 is 0 Å². The third-order valence-electron chi connectivity index (χ3n) is 4.36. The predicted octanol–water partition coefficient (Wildman–Crippen LogP) is 4.74. The van der Waals surface area contributed by atoms with Crippen LogP contribution in [-0.4, -0.2) is 33.0 Å². The van der Waals surface area contributed by atoms with Crippen LogP contribution in [-0.2, 0) is 11.3 Å². The van der Waals surface area contributed by atoms with Crippen LogP contribution in [0.25, 0.3) is 11.4 Å². The first-order valence-electron chi connectivity index (χ1n) is 9.40. The lowest BCUT2D eigenvalue weighted by molar-refractivity contribution is -0.121. The largest absolute Gasteiger partial charge is 0.356 e. The number of thioether (sulfide) groups is 1. The van der Waals surface area contributed by atoms with Gasteiger partial charge in [-0.1, -0.05) is 29.8 Å². The minimum absolute atomic E-state index is 0.0188. The molecule has 29 heavy (non-hydrogen) atoms. The minimum atomic E-state index is -0.232. The van der Waals surface area contributed by atoms with Gasteiger partial charge in [-0.05, 0) is 55.6 Å². The van der Waals surface area contributed by atoms with Crippen molar-refractivity contribution in [3.63, 3.8) is 0 Å². The van der Waals surface area contributed by atoms with Crippen molar-refractivity contribution in [2.75, 3.05) is 12.3 Å². The zero-order valence-electron chi connectivity index (χ0n) is 16.2. The summed E-state index contributed by atoms with van der Waals surface area (Å²) in [5.74, 6) is 1.34. The van der Waals surface area contributed by atoms with Gasteiger partial charge >= 0.3 is 0 Å². The zero-order valence-corrected chi connectivity index (χ0v) is 17.8. The van der Waals surface area contributed by atoms with Gasteiger partial charge in [0.05, 0.1) is 0 Å².